The Morgan fingerprint density at radius 3 is 2.25 bits per heavy atom. The fraction of sp³-hybridized carbons (Fsp3) is 0.219. The van der Waals surface area contributed by atoms with Gasteiger partial charge in [-0.2, -0.15) is 0 Å². The molecular weight excluding hydrogens is 585 g/mol. The van der Waals surface area contributed by atoms with Crippen LogP contribution in [0.4, 0.5) is 0 Å². The fourth-order valence-electron chi connectivity index (χ4n) is 5.25. The molecule has 1 fully saturated rings. The molecule has 0 aliphatic heterocycles. The highest BCUT2D eigenvalue weighted by atomic mass is 35.5. The largest absolute Gasteiger partial charge is 0.349 e. The first-order chi connectivity index (χ1) is 19.2. The van der Waals surface area contributed by atoms with Crippen LogP contribution in [0.1, 0.15) is 48.4 Å². The molecule has 4 aromatic rings. The zero-order chi connectivity index (χ0) is 28.4. The molecule has 1 atom stereocenters. The van der Waals surface area contributed by atoms with Gasteiger partial charge in [-0.1, -0.05) is 89.4 Å². The Morgan fingerprint density at radius 2 is 1.52 bits per heavy atom. The van der Waals surface area contributed by atoms with Gasteiger partial charge in [-0.05, 0) is 58.7 Å². The van der Waals surface area contributed by atoms with Crippen molar-refractivity contribution in [3.63, 3.8) is 0 Å². The third kappa shape index (κ3) is 6.23. The molecule has 1 aliphatic carbocycles. The maximum atomic E-state index is 13.1. The smallest absolute Gasteiger partial charge is 0.224 e. The van der Waals surface area contributed by atoms with Crippen LogP contribution in [0.25, 0.3) is 10.8 Å². The van der Waals surface area contributed by atoms with E-state index in [2.05, 4.69) is 11.4 Å². The molecule has 4 nitrogen and oxygen atoms in total. The molecule has 0 bridgehead atoms. The Balaban J connectivity index is 1.26. The lowest BCUT2D eigenvalue weighted by Crippen LogP contribution is -2.35. The number of hydrogen-bond donors (Lipinski definition) is 1. The highest BCUT2D eigenvalue weighted by Crippen LogP contribution is 2.42. The first-order valence-corrected chi connectivity index (χ1v) is 14.9. The number of halogens is 3. The number of fused-ring (bicyclic) bond motifs is 1. The van der Waals surface area contributed by atoms with Crippen LogP contribution in [0.15, 0.2) is 83.8 Å². The molecule has 1 amide bonds. The van der Waals surface area contributed by atoms with Gasteiger partial charge in [0, 0.05) is 33.7 Å². The first kappa shape index (κ1) is 28.7. The second-order valence-electron chi connectivity index (χ2n) is 9.97. The molecule has 40 heavy (non-hydrogen) atoms. The van der Waals surface area contributed by atoms with E-state index in [1.165, 1.54) is 0 Å². The molecule has 5 rings (SSSR count). The maximum Gasteiger partial charge on any atom is 0.224 e. The maximum absolute atomic E-state index is 13.1. The van der Waals surface area contributed by atoms with E-state index in [-0.39, 0.29) is 48.7 Å². The number of amides is 1. The number of thioether (sulfide) groups is 1. The highest BCUT2D eigenvalue weighted by molar-refractivity contribution is 8.01. The van der Waals surface area contributed by atoms with Crippen LogP contribution in [0.5, 0.6) is 0 Å². The van der Waals surface area contributed by atoms with Crippen LogP contribution in [0.2, 0.25) is 15.1 Å². The van der Waals surface area contributed by atoms with Crippen molar-refractivity contribution in [2.45, 2.75) is 48.3 Å². The first-order valence-electron chi connectivity index (χ1n) is 12.9. The molecule has 0 heterocycles. The zero-order valence-corrected chi connectivity index (χ0v) is 24.7. The molecule has 4 aromatic carbocycles. The van der Waals surface area contributed by atoms with E-state index >= 15 is 0 Å². The SMILES string of the molecule is C[C@@H](NC(=O)Cc1ccc(Cl)c(SC2C(=O)CC(c3c(Cl)cccc3Cl)CC2=O)c1)c1cccc2ccccc12. The topological polar surface area (TPSA) is 63.2 Å². The van der Waals surface area contributed by atoms with Crippen molar-refractivity contribution in [2.24, 2.45) is 0 Å². The number of Topliss-reactive ketones (excluding diaryl/α,β-unsaturated/α-hetero) is 2. The lowest BCUT2D eigenvalue weighted by molar-refractivity contribution is -0.129. The van der Waals surface area contributed by atoms with Gasteiger partial charge in [-0.15, -0.1) is 11.8 Å². The van der Waals surface area contributed by atoms with Crippen molar-refractivity contribution in [2.75, 3.05) is 0 Å². The number of hydrogen-bond acceptors (Lipinski definition) is 4. The molecule has 0 unspecified atom stereocenters. The van der Waals surface area contributed by atoms with Crippen molar-refractivity contribution in [1.29, 1.82) is 0 Å². The summed E-state index contributed by atoms with van der Waals surface area (Å²) in [4.78, 5) is 39.8. The summed E-state index contributed by atoms with van der Waals surface area (Å²) in [6.45, 7) is 1.96. The Hall–Kier alpha value is -2.83. The normalized spacial score (nSPS) is 18.1. The van der Waals surface area contributed by atoms with E-state index < -0.39 is 5.25 Å². The quantitative estimate of drug-likeness (QED) is 0.214. The molecule has 1 N–H and O–H groups in total. The van der Waals surface area contributed by atoms with Gasteiger partial charge in [0.1, 0.15) is 5.25 Å². The van der Waals surface area contributed by atoms with Crippen LogP contribution >= 0.6 is 46.6 Å². The Labute approximate surface area is 252 Å². The molecule has 1 aliphatic rings. The van der Waals surface area contributed by atoms with Crippen LogP contribution in [0.3, 0.4) is 0 Å². The third-order valence-corrected chi connectivity index (χ3v) is 9.61. The van der Waals surface area contributed by atoms with Crippen molar-refractivity contribution in [1.82, 2.24) is 5.32 Å². The standard InChI is InChI=1S/C32H26Cl3NO3S/c1-18(22-9-4-7-20-6-2-3-8-23(20)22)36-30(39)15-19-12-13-24(33)29(14-19)40-32-27(37)16-21(17-28(32)38)31-25(34)10-5-11-26(31)35/h2-14,18,21,32H,15-17H2,1H3,(H,36,39)/t18-,21?,32?/m1/s1. The van der Waals surface area contributed by atoms with Gasteiger partial charge in [0.05, 0.1) is 17.5 Å². The van der Waals surface area contributed by atoms with E-state index in [0.29, 0.717) is 25.5 Å². The van der Waals surface area contributed by atoms with Crippen LogP contribution < -0.4 is 5.32 Å². The summed E-state index contributed by atoms with van der Waals surface area (Å²) in [6, 6.07) is 24.4. The predicted molar refractivity (Wildman–Crippen MR) is 164 cm³/mol. The third-order valence-electron chi connectivity index (χ3n) is 7.16. The number of benzene rings is 4. The molecule has 0 radical (unpaired) electrons. The van der Waals surface area contributed by atoms with Crippen LogP contribution in [0, 0.1) is 0 Å². The average Bonchev–Trinajstić information content (AvgIpc) is 2.92. The minimum Gasteiger partial charge on any atom is -0.349 e. The summed E-state index contributed by atoms with van der Waals surface area (Å²) in [5, 5.41) is 5.77. The van der Waals surface area contributed by atoms with E-state index in [1.54, 1.807) is 36.4 Å². The Bertz CT molecular complexity index is 1580. The van der Waals surface area contributed by atoms with E-state index in [9.17, 15) is 14.4 Å². The highest BCUT2D eigenvalue weighted by Gasteiger charge is 2.38. The summed E-state index contributed by atoms with van der Waals surface area (Å²) in [6.07, 6.45) is 0.469. The van der Waals surface area contributed by atoms with Crippen molar-refractivity contribution in [3.8, 4) is 0 Å². The lowest BCUT2D eigenvalue weighted by atomic mass is 9.82. The average molecular weight is 611 g/mol. The van der Waals surface area contributed by atoms with Gasteiger partial charge in [0.25, 0.3) is 0 Å². The van der Waals surface area contributed by atoms with Crippen molar-refractivity contribution < 1.29 is 14.4 Å². The predicted octanol–water partition coefficient (Wildman–Crippen LogP) is 8.40. The molecular formula is C32H26Cl3NO3S. The van der Waals surface area contributed by atoms with Crippen LogP contribution in [-0.2, 0) is 20.8 Å². The fourth-order valence-corrected chi connectivity index (χ4v) is 7.31. The van der Waals surface area contributed by atoms with Gasteiger partial charge in [0.2, 0.25) is 5.91 Å². The number of nitrogens with one attached hydrogen (secondary N) is 1. The van der Waals surface area contributed by atoms with Gasteiger partial charge >= 0.3 is 0 Å². The summed E-state index contributed by atoms with van der Waals surface area (Å²) in [7, 11) is 0. The Kier molecular flexibility index (Phi) is 8.86. The molecule has 0 aromatic heterocycles. The molecule has 1 saturated carbocycles. The summed E-state index contributed by atoms with van der Waals surface area (Å²) in [5.41, 5.74) is 2.43. The number of ketones is 2. The van der Waals surface area contributed by atoms with Crippen LogP contribution in [-0.4, -0.2) is 22.7 Å². The second kappa shape index (κ2) is 12.4. The number of rotatable bonds is 7. The van der Waals surface area contributed by atoms with Crippen molar-refractivity contribution in [3.05, 3.63) is 111 Å². The summed E-state index contributed by atoms with van der Waals surface area (Å²) < 4.78 is 0. The lowest BCUT2D eigenvalue weighted by Gasteiger charge is -2.27. The zero-order valence-electron chi connectivity index (χ0n) is 21.6. The van der Waals surface area contributed by atoms with Crippen molar-refractivity contribution >= 4 is 74.8 Å². The van der Waals surface area contributed by atoms with Gasteiger partial charge in [-0.25, -0.2) is 0 Å². The van der Waals surface area contributed by atoms with E-state index in [1.807, 2.05) is 43.3 Å². The van der Waals surface area contributed by atoms with Gasteiger partial charge < -0.3 is 5.32 Å². The summed E-state index contributed by atoms with van der Waals surface area (Å²) in [5.74, 6) is -0.869. The Morgan fingerprint density at radius 1 is 0.875 bits per heavy atom. The molecule has 0 spiro atoms. The molecule has 0 saturated heterocycles. The second-order valence-corrected chi connectivity index (χ2v) is 12.3. The molecule has 8 heteroatoms. The molecule has 204 valence electrons. The minimum atomic E-state index is -0.870. The number of carbonyl (C=O) groups excluding carboxylic acids is 3. The summed E-state index contributed by atoms with van der Waals surface area (Å²) >= 11 is 20.3. The number of carbonyl (C=O) groups is 3. The van der Waals surface area contributed by atoms with Gasteiger partial charge in [0.15, 0.2) is 11.6 Å². The van der Waals surface area contributed by atoms with E-state index in [4.69, 9.17) is 34.8 Å². The van der Waals surface area contributed by atoms with Gasteiger partial charge in [-0.3, -0.25) is 14.4 Å². The minimum absolute atomic E-state index is 0.136. The van der Waals surface area contributed by atoms with E-state index in [0.717, 1.165) is 33.7 Å². The monoisotopic (exact) mass is 609 g/mol.